The summed E-state index contributed by atoms with van der Waals surface area (Å²) in [6.45, 7) is 21.0. The number of allylic oxidation sites excluding steroid dienone is 1. The molecular weight excluding hydrogens is 753 g/mol. The number of carboxylic acids is 1. The molecule has 9 rings (SSSR count). The van der Waals surface area contributed by atoms with E-state index in [-0.39, 0.29) is 69.7 Å². The Hall–Kier alpha value is -3.82. The number of pyridine rings is 1. The molecule has 2 aromatic heterocycles. The number of hydrogen-bond donors (Lipinski definition) is 2. The highest BCUT2D eigenvalue weighted by Crippen LogP contribution is 2.77. The largest absolute Gasteiger partial charge is 0.481 e. The van der Waals surface area contributed by atoms with Crippen LogP contribution in [0.2, 0.25) is 0 Å². The van der Waals surface area contributed by atoms with Gasteiger partial charge in [0.25, 0.3) is 0 Å². The number of amides is 1. The standard InChI is InChI=1S/C50H68N4O6/c1-28(2)39-35(55)25-50(44(59)54-23-11-13-34(54)41-52-27-33(53-41)29-12-10-22-51-26-29)21-20-48(8)30(40(39)50)14-15-37-47(7)18-17-38(46(5,6)36(47)16-19-49(37,48)9)60-43(58)32-24-31(42(56)57)45(32,3)4/h10,12,22,26-28,30-32,34,36-38H,11,13-21,23-25H2,1-9H3,(H,52,53)(H,56,57)/t30-,31+,32-,34+,36+,37-,38+,47+,48-,49-,50-/m1/s1. The molecule has 11 atom stereocenters. The summed E-state index contributed by atoms with van der Waals surface area (Å²) in [5.41, 5.74) is 2.28. The van der Waals surface area contributed by atoms with E-state index in [4.69, 9.17) is 9.72 Å². The van der Waals surface area contributed by atoms with Crippen LogP contribution in [0.15, 0.2) is 41.9 Å². The average Bonchev–Trinajstić information content (AvgIpc) is 3.94. The molecule has 3 heterocycles. The maximum atomic E-state index is 15.5. The second kappa shape index (κ2) is 13.8. The first-order valence-electron chi connectivity index (χ1n) is 23.2. The Morgan fingerprint density at radius 3 is 2.33 bits per heavy atom. The van der Waals surface area contributed by atoms with Crippen molar-refractivity contribution >= 4 is 23.6 Å². The van der Waals surface area contributed by atoms with Crippen LogP contribution < -0.4 is 0 Å². The molecule has 2 N–H and O–H groups in total. The molecule has 10 nitrogen and oxygen atoms in total. The van der Waals surface area contributed by atoms with Gasteiger partial charge in [0, 0.05) is 36.3 Å². The van der Waals surface area contributed by atoms with Crippen LogP contribution in [0.5, 0.6) is 0 Å². The molecule has 7 aliphatic rings. The second-order valence-corrected chi connectivity index (χ2v) is 22.6. The number of ketones is 1. The smallest absolute Gasteiger partial charge is 0.309 e. The first-order chi connectivity index (χ1) is 28.2. The third-order valence-corrected chi connectivity index (χ3v) is 19.3. The van der Waals surface area contributed by atoms with Crippen molar-refractivity contribution in [3.8, 4) is 11.3 Å². The number of rotatable bonds is 7. The lowest BCUT2D eigenvalue weighted by Gasteiger charge is -2.72. The van der Waals surface area contributed by atoms with Crippen molar-refractivity contribution in [2.75, 3.05) is 6.54 Å². The zero-order valence-corrected chi connectivity index (χ0v) is 37.5. The third-order valence-electron chi connectivity index (χ3n) is 19.3. The van der Waals surface area contributed by atoms with Crippen molar-refractivity contribution in [2.24, 2.45) is 68.0 Å². The van der Waals surface area contributed by atoms with Crippen LogP contribution in [0.3, 0.4) is 0 Å². The molecule has 0 aromatic carbocycles. The molecule has 0 bridgehead atoms. The fourth-order valence-electron chi connectivity index (χ4n) is 15.8. The monoisotopic (exact) mass is 821 g/mol. The summed E-state index contributed by atoms with van der Waals surface area (Å²) in [6.07, 6.45) is 15.1. The fourth-order valence-corrected chi connectivity index (χ4v) is 15.8. The zero-order valence-electron chi connectivity index (χ0n) is 37.5. The lowest BCUT2D eigenvalue weighted by molar-refractivity contribution is -0.236. The molecule has 0 spiro atoms. The van der Waals surface area contributed by atoms with E-state index in [2.05, 4.69) is 63.3 Å². The van der Waals surface area contributed by atoms with E-state index < -0.39 is 28.6 Å². The Morgan fingerprint density at radius 2 is 1.65 bits per heavy atom. The van der Waals surface area contributed by atoms with Gasteiger partial charge in [-0.25, -0.2) is 4.98 Å². The normalized spacial score (nSPS) is 40.3. The molecule has 1 saturated heterocycles. The van der Waals surface area contributed by atoms with Gasteiger partial charge in [0.05, 0.1) is 35.2 Å². The van der Waals surface area contributed by atoms with Gasteiger partial charge >= 0.3 is 11.9 Å². The molecular formula is C50H68N4O6. The molecule has 1 amide bonds. The molecule has 10 heteroatoms. The second-order valence-electron chi connectivity index (χ2n) is 22.6. The quantitative estimate of drug-likeness (QED) is 0.263. The number of ether oxygens (including phenoxy) is 1. The number of carbonyl (C=O) groups is 4. The van der Waals surface area contributed by atoms with Crippen molar-refractivity contribution in [3.63, 3.8) is 0 Å². The Kier molecular flexibility index (Phi) is 9.58. The summed E-state index contributed by atoms with van der Waals surface area (Å²) in [5.74, 6) is 0.168. The van der Waals surface area contributed by atoms with Crippen molar-refractivity contribution in [1.82, 2.24) is 19.9 Å². The number of fused-ring (bicyclic) bond motifs is 7. The summed E-state index contributed by atoms with van der Waals surface area (Å²) >= 11 is 0. The average molecular weight is 821 g/mol. The van der Waals surface area contributed by atoms with Gasteiger partial charge in [-0.05, 0) is 139 Å². The number of carbonyl (C=O) groups excluding carboxylic acids is 3. The molecule has 0 unspecified atom stereocenters. The van der Waals surface area contributed by atoms with Gasteiger partial charge in [-0.2, -0.15) is 0 Å². The minimum atomic E-state index is -0.834. The molecule has 60 heavy (non-hydrogen) atoms. The number of hydrogen-bond acceptors (Lipinski definition) is 7. The van der Waals surface area contributed by atoms with Gasteiger partial charge in [-0.3, -0.25) is 24.2 Å². The SMILES string of the molecule is CC(C)C1=C2[C@H]3CC[C@@H]4[C@@]5(C)CC[C@H](OC(=O)[C@H]6C[C@@H](C(=O)O)C6(C)C)C(C)(C)[C@@H]5CC[C@@]4(C)[C@]3(C)CC[C@@]2(C(=O)N2CCC[C@H]2c2ncc(-c3cccnc3)[nH]2)CC1=O. The maximum Gasteiger partial charge on any atom is 0.309 e. The minimum absolute atomic E-state index is 0.00549. The molecule has 2 aromatic rings. The number of aromatic nitrogens is 3. The van der Waals surface area contributed by atoms with Crippen molar-refractivity contribution in [3.05, 3.63) is 47.7 Å². The predicted octanol–water partition coefficient (Wildman–Crippen LogP) is 9.77. The number of carboxylic acid groups (broad SMARTS) is 1. The Labute approximate surface area is 356 Å². The molecule has 1 aliphatic heterocycles. The van der Waals surface area contributed by atoms with Crippen LogP contribution in [0, 0.1) is 68.0 Å². The Morgan fingerprint density at radius 1 is 0.883 bits per heavy atom. The van der Waals surface area contributed by atoms with E-state index in [9.17, 15) is 19.5 Å². The number of aromatic amines is 1. The molecule has 6 aliphatic carbocycles. The molecule has 6 fully saturated rings. The maximum absolute atomic E-state index is 15.5. The Balaban J connectivity index is 0.991. The lowest BCUT2D eigenvalue weighted by Crippen LogP contribution is -2.66. The number of nitrogens with one attached hydrogen (secondary N) is 1. The fraction of sp³-hybridized carbons (Fsp3) is 0.720. The van der Waals surface area contributed by atoms with Crippen molar-refractivity contribution in [2.45, 2.75) is 152 Å². The number of nitrogens with zero attached hydrogens (tertiary/aromatic N) is 3. The van der Waals surface area contributed by atoms with Crippen LogP contribution in [0.1, 0.15) is 151 Å². The minimum Gasteiger partial charge on any atom is -0.481 e. The summed E-state index contributed by atoms with van der Waals surface area (Å²) < 4.78 is 6.45. The number of Topliss-reactive ketones (excluding diaryl/α,β-unsaturated/α-hetero) is 1. The highest BCUT2D eigenvalue weighted by molar-refractivity contribution is 6.07. The van der Waals surface area contributed by atoms with Crippen LogP contribution in [0.4, 0.5) is 0 Å². The van der Waals surface area contributed by atoms with Crippen LogP contribution in [-0.2, 0) is 23.9 Å². The van der Waals surface area contributed by atoms with E-state index in [1.165, 1.54) is 5.57 Å². The van der Waals surface area contributed by atoms with Gasteiger partial charge in [0.15, 0.2) is 5.78 Å². The summed E-state index contributed by atoms with van der Waals surface area (Å²) in [4.78, 5) is 70.2. The van der Waals surface area contributed by atoms with E-state index in [0.717, 1.165) is 80.4 Å². The first kappa shape index (κ1) is 41.5. The van der Waals surface area contributed by atoms with Crippen LogP contribution in [0.25, 0.3) is 11.3 Å². The van der Waals surface area contributed by atoms with Gasteiger partial charge < -0.3 is 19.7 Å². The summed E-state index contributed by atoms with van der Waals surface area (Å²) in [6, 6.07) is 3.77. The van der Waals surface area contributed by atoms with Gasteiger partial charge in [0.2, 0.25) is 5.91 Å². The van der Waals surface area contributed by atoms with Crippen molar-refractivity contribution in [1.29, 1.82) is 0 Å². The zero-order chi connectivity index (χ0) is 42.9. The van der Waals surface area contributed by atoms with Crippen LogP contribution in [-0.4, -0.2) is 61.2 Å². The molecule has 324 valence electrons. The van der Waals surface area contributed by atoms with E-state index in [0.29, 0.717) is 31.2 Å². The highest BCUT2D eigenvalue weighted by Gasteiger charge is 2.71. The number of H-pyrrole nitrogens is 1. The number of aliphatic carboxylic acids is 1. The number of imidazole rings is 1. The lowest BCUT2D eigenvalue weighted by atomic mass is 9.33. The Bertz CT molecular complexity index is 2140. The van der Waals surface area contributed by atoms with Gasteiger partial charge in [0.1, 0.15) is 11.9 Å². The van der Waals surface area contributed by atoms with Crippen LogP contribution >= 0.6 is 0 Å². The topological polar surface area (TPSA) is 143 Å². The predicted molar refractivity (Wildman–Crippen MR) is 228 cm³/mol. The van der Waals surface area contributed by atoms with Gasteiger partial charge in [-0.1, -0.05) is 62.3 Å². The molecule has 0 radical (unpaired) electrons. The van der Waals surface area contributed by atoms with Crippen molar-refractivity contribution < 1.29 is 29.0 Å². The number of likely N-dealkylation sites (tertiary alicyclic amines) is 1. The number of esters is 1. The van der Waals surface area contributed by atoms with E-state index in [1.54, 1.807) is 6.20 Å². The third kappa shape index (κ3) is 5.62. The summed E-state index contributed by atoms with van der Waals surface area (Å²) in [7, 11) is 0. The summed E-state index contributed by atoms with van der Waals surface area (Å²) in [5, 5.41) is 9.70. The van der Waals surface area contributed by atoms with E-state index in [1.807, 2.05) is 38.4 Å². The van der Waals surface area contributed by atoms with E-state index >= 15 is 4.79 Å². The molecule has 5 saturated carbocycles. The first-order valence-corrected chi connectivity index (χ1v) is 23.2. The van der Waals surface area contributed by atoms with Gasteiger partial charge in [-0.15, -0.1) is 0 Å². The highest BCUT2D eigenvalue weighted by atomic mass is 16.5.